The maximum Gasteiger partial charge on any atom is 0.0723 e. The first-order chi connectivity index (χ1) is 12.2. The smallest absolute Gasteiger partial charge is 0.0723 e. The highest BCUT2D eigenvalue weighted by molar-refractivity contribution is 6.04. The van der Waals surface area contributed by atoms with Crippen molar-refractivity contribution in [1.29, 1.82) is 0 Å². The Labute approximate surface area is 148 Å². The highest BCUT2D eigenvalue weighted by Crippen LogP contribution is 2.25. The van der Waals surface area contributed by atoms with Gasteiger partial charge in [-0.1, -0.05) is 30.3 Å². The second-order valence-corrected chi connectivity index (χ2v) is 6.75. The fraction of sp³-hybridized carbons (Fsp3) is 0.227. The van der Waals surface area contributed by atoms with Crippen LogP contribution < -0.4 is 5.32 Å². The minimum Gasteiger partial charge on any atom is -0.345 e. The first kappa shape index (κ1) is 15.9. The maximum absolute atomic E-state index is 4.49. The van der Waals surface area contributed by atoms with Gasteiger partial charge < -0.3 is 9.88 Å². The Kier molecular flexibility index (Phi) is 4.24. The van der Waals surface area contributed by atoms with Gasteiger partial charge in [-0.15, -0.1) is 0 Å². The molecule has 0 spiro atoms. The Morgan fingerprint density at radius 1 is 1.04 bits per heavy atom. The average Bonchev–Trinajstić information content (AvgIpc) is 3.04. The van der Waals surface area contributed by atoms with E-state index < -0.39 is 0 Å². The van der Waals surface area contributed by atoms with E-state index in [2.05, 4.69) is 83.4 Å². The lowest BCUT2D eigenvalue weighted by Crippen LogP contribution is -2.30. The second kappa shape index (κ2) is 6.69. The minimum absolute atomic E-state index is 0.377. The monoisotopic (exact) mass is 329 g/mol. The lowest BCUT2D eigenvalue weighted by Gasteiger charge is -2.17. The summed E-state index contributed by atoms with van der Waals surface area (Å²) in [6.07, 6.45) is 4.04. The summed E-state index contributed by atoms with van der Waals surface area (Å²) in [5.41, 5.74) is 5.03. The van der Waals surface area contributed by atoms with E-state index in [9.17, 15) is 0 Å². The minimum atomic E-state index is 0.377. The van der Waals surface area contributed by atoms with Gasteiger partial charge in [-0.25, -0.2) is 0 Å². The molecule has 0 aliphatic rings. The van der Waals surface area contributed by atoms with Crippen molar-refractivity contribution in [3.05, 3.63) is 78.1 Å². The second-order valence-electron chi connectivity index (χ2n) is 6.75. The van der Waals surface area contributed by atoms with Crippen LogP contribution in [-0.2, 0) is 13.1 Å². The molecule has 0 fully saturated rings. The van der Waals surface area contributed by atoms with E-state index >= 15 is 0 Å². The summed E-state index contributed by atoms with van der Waals surface area (Å²) in [6.45, 7) is 6.24. The zero-order chi connectivity index (χ0) is 17.2. The third-order valence-corrected chi connectivity index (χ3v) is 4.88. The van der Waals surface area contributed by atoms with Gasteiger partial charge in [0.2, 0.25) is 0 Å². The van der Waals surface area contributed by atoms with Crippen LogP contribution in [0.3, 0.4) is 0 Å². The number of pyridine rings is 1. The Balaban J connectivity index is 1.56. The molecular formula is C22H23N3. The van der Waals surface area contributed by atoms with Crippen molar-refractivity contribution >= 4 is 21.8 Å². The first-order valence-electron chi connectivity index (χ1n) is 8.83. The summed E-state index contributed by atoms with van der Waals surface area (Å²) in [5.74, 6) is 0. The van der Waals surface area contributed by atoms with Gasteiger partial charge in [-0.05, 0) is 49.2 Å². The van der Waals surface area contributed by atoms with Gasteiger partial charge in [-0.3, -0.25) is 4.98 Å². The molecule has 0 aliphatic carbocycles. The number of nitrogens with one attached hydrogen (secondary N) is 1. The molecule has 4 aromatic rings. The van der Waals surface area contributed by atoms with Crippen LogP contribution in [0.2, 0.25) is 0 Å². The Bertz CT molecular complexity index is 1020. The molecule has 0 bridgehead atoms. The highest BCUT2D eigenvalue weighted by Gasteiger charge is 2.09. The molecule has 0 amide bonds. The largest absolute Gasteiger partial charge is 0.345 e. The summed E-state index contributed by atoms with van der Waals surface area (Å²) < 4.78 is 2.34. The quantitative estimate of drug-likeness (QED) is 0.576. The number of nitrogens with zero attached hydrogens (tertiary/aromatic N) is 2. The molecule has 0 saturated heterocycles. The molecule has 0 aliphatic heterocycles. The number of aryl methyl sites for hydroxylation is 1. The number of hydrogen-bond acceptors (Lipinski definition) is 2. The van der Waals surface area contributed by atoms with E-state index in [1.165, 1.54) is 27.4 Å². The van der Waals surface area contributed by atoms with E-state index in [0.717, 1.165) is 18.6 Å². The molecule has 0 radical (unpaired) electrons. The molecule has 2 aromatic carbocycles. The number of hydrogen-bond donors (Lipinski definition) is 1. The van der Waals surface area contributed by atoms with Crippen LogP contribution in [0.1, 0.15) is 18.1 Å². The predicted molar refractivity (Wildman–Crippen MR) is 105 cm³/mol. The number of fused-ring (bicyclic) bond motifs is 3. The molecule has 126 valence electrons. The standard InChI is InChI=1S/C22H23N3/c1-16-6-3-4-7-19(16)14-24-17(2)15-25-13-11-18-9-10-21-20(22(18)25)8-5-12-23-21/h3-13,17,24H,14-15H2,1-2H3/t17-/m0/s1. The summed E-state index contributed by atoms with van der Waals surface area (Å²) >= 11 is 0. The summed E-state index contributed by atoms with van der Waals surface area (Å²) in [5, 5.41) is 6.14. The van der Waals surface area contributed by atoms with Crippen molar-refractivity contribution in [2.24, 2.45) is 0 Å². The molecule has 4 rings (SSSR count). The maximum atomic E-state index is 4.49. The van der Waals surface area contributed by atoms with Crippen molar-refractivity contribution in [2.45, 2.75) is 33.0 Å². The summed E-state index contributed by atoms with van der Waals surface area (Å²) in [6, 6.07) is 19.6. The van der Waals surface area contributed by atoms with Gasteiger partial charge in [0.15, 0.2) is 0 Å². The fourth-order valence-corrected chi connectivity index (χ4v) is 3.46. The molecule has 25 heavy (non-hydrogen) atoms. The zero-order valence-corrected chi connectivity index (χ0v) is 14.7. The number of benzene rings is 2. The lowest BCUT2D eigenvalue weighted by molar-refractivity contribution is 0.483. The van der Waals surface area contributed by atoms with Crippen LogP contribution in [0.4, 0.5) is 0 Å². The number of rotatable bonds is 5. The van der Waals surface area contributed by atoms with Gasteiger partial charge in [0.05, 0.1) is 11.0 Å². The molecule has 0 unspecified atom stereocenters. The van der Waals surface area contributed by atoms with Crippen LogP contribution in [0, 0.1) is 6.92 Å². The molecular weight excluding hydrogens is 306 g/mol. The molecule has 3 nitrogen and oxygen atoms in total. The van der Waals surface area contributed by atoms with Crippen LogP contribution in [0.15, 0.2) is 67.0 Å². The van der Waals surface area contributed by atoms with Gasteiger partial charge in [0, 0.05) is 42.3 Å². The van der Waals surface area contributed by atoms with Gasteiger partial charge in [-0.2, -0.15) is 0 Å². The van der Waals surface area contributed by atoms with Crippen molar-refractivity contribution in [3.63, 3.8) is 0 Å². The van der Waals surface area contributed by atoms with Gasteiger partial charge in [0.1, 0.15) is 0 Å². The third-order valence-electron chi connectivity index (χ3n) is 4.88. The van der Waals surface area contributed by atoms with E-state index in [0.29, 0.717) is 6.04 Å². The Hall–Kier alpha value is -2.65. The van der Waals surface area contributed by atoms with E-state index in [4.69, 9.17) is 0 Å². The van der Waals surface area contributed by atoms with Crippen LogP contribution in [-0.4, -0.2) is 15.6 Å². The fourth-order valence-electron chi connectivity index (χ4n) is 3.46. The molecule has 3 heteroatoms. The van der Waals surface area contributed by atoms with E-state index in [1.54, 1.807) is 0 Å². The topological polar surface area (TPSA) is 29.9 Å². The molecule has 1 N–H and O–H groups in total. The van der Waals surface area contributed by atoms with Gasteiger partial charge in [0.25, 0.3) is 0 Å². The number of aromatic nitrogens is 2. The Morgan fingerprint density at radius 3 is 2.80 bits per heavy atom. The van der Waals surface area contributed by atoms with Crippen LogP contribution in [0.5, 0.6) is 0 Å². The van der Waals surface area contributed by atoms with Crippen LogP contribution >= 0.6 is 0 Å². The zero-order valence-electron chi connectivity index (χ0n) is 14.7. The predicted octanol–water partition coefficient (Wildman–Crippen LogP) is 4.68. The van der Waals surface area contributed by atoms with Crippen molar-refractivity contribution in [2.75, 3.05) is 0 Å². The normalized spacial score (nSPS) is 12.7. The average molecular weight is 329 g/mol. The SMILES string of the molecule is Cc1ccccc1CN[C@@H](C)Cn1ccc2ccc3ncccc3c21. The van der Waals surface area contributed by atoms with Gasteiger partial charge >= 0.3 is 0 Å². The molecule has 2 heterocycles. The molecule has 2 aromatic heterocycles. The molecule has 0 saturated carbocycles. The summed E-state index contributed by atoms with van der Waals surface area (Å²) in [4.78, 5) is 4.49. The van der Waals surface area contributed by atoms with Crippen molar-refractivity contribution in [3.8, 4) is 0 Å². The lowest BCUT2D eigenvalue weighted by atomic mass is 10.1. The third kappa shape index (κ3) is 3.15. The van der Waals surface area contributed by atoms with E-state index in [-0.39, 0.29) is 0 Å². The Morgan fingerprint density at radius 2 is 1.92 bits per heavy atom. The van der Waals surface area contributed by atoms with E-state index in [1.807, 2.05) is 12.3 Å². The molecule has 1 atom stereocenters. The first-order valence-corrected chi connectivity index (χ1v) is 8.83. The van der Waals surface area contributed by atoms with Crippen LogP contribution in [0.25, 0.3) is 21.8 Å². The van der Waals surface area contributed by atoms with Crippen molar-refractivity contribution in [1.82, 2.24) is 14.9 Å². The summed E-state index contributed by atoms with van der Waals surface area (Å²) in [7, 11) is 0. The van der Waals surface area contributed by atoms with Crippen molar-refractivity contribution < 1.29 is 0 Å². The highest BCUT2D eigenvalue weighted by atomic mass is 15.0.